The van der Waals surface area contributed by atoms with E-state index < -0.39 is 0 Å². The maximum atomic E-state index is 12.6. The first kappa shape index (κ1) is 20.3. The van der Waals surface area contributed by atoms with E-state index in [1.807, 2.05) is 49.5 Å². The van der Waals surface area contributed by atoms with E-state index in [4.69, 9.17) is 21.1 Å². The molecule has 30 heavy (non-hydrogen) atoms. The number of aromatic nitrogens is 2. The summed E-state index contributed by atoms with van der Waals surface area (Å²) in [6, 6.07) is 11.5. The van der Waals surface area contributed by atoms with Gasteiger partial charge in [-0.25, -0.2) is 4.68 Å². The highest BCUT2D eigenvalue weighted by molar-refractivity contribution is 6.31. The Morgan fingerprint density at radius 3 is 2.87 bits per heavy atom. The Kier molecular flexibility index (Phi) is 5.68. The Morgan fingerprint density at radius 1 is 1.27 bits per heavy atom. The van der Waals surface area contributed by atoms with Crippen molar-refractivity contribution in [2.45, 2.75) is 32.6 Å². The molecule has 6 nitrogen and oxygen atoms in total. The van der Waals surface area contributed by atoms with Crippen LogP contribution in [0, 0.1) is 6.92 Å². The highest BCUT2D eigenvalue weighted by atomic mass is 35.5. The molecule has 2 aromatic carbocycles. The minimum absolute atomic E-state index is 0.0563. The van der Waals surface area contributed by atoms with Crippen LogP contribution in [0.2, 0.25) is 5.02 Å². The van der Waals surface area contributed by atoms with Gasteiger partial charge in [-0.1, -0.05) is 30.7 Å². The standard InChI is InChI=1S/C23H24ClN3O3/c1-4-10-30-20-9-8-15(11-21(20)29-3)16-12-22(28)26-23-17(16)13-25-27(23)19-7-5-6-18(24)14(19)2/h5-9,11,13,16H,4,10,12H2,1-3H3,(H,26,28)/t16-/m0/s1. The fourth-order valence-corrected chi connectivity index (χ4v) is 3.93. The second-order valence-corrected chi connectivity index (χ2v) is 7.72. The van der Waals surface area contributed by atoms with E-state index in [0.717, 1.165) is 28.8 Å². The van der Waals surface area contributed by atoms with Gasteiger partial charge in [0, 0.05) is 22.9 Å². The average Bonchev–Trinajstić information content (AvgIpc) is 3.17. The molecule has 1 amide bonds. The molecule has 3 aromatic rings. The van der Waals surface area contributed by atoms with Gasteiger partial charge in [0.15, 0.2) is 11.5 Å². The maximum Gasteiger partial charge on any atom is 0.226 e. The fourth-order valence-electron chi connectivity index (χ4n) is 3.76. The monoisotopic (exact) mass is 425 g/mol. The molecule has 4 rings (SSSR count). The van der Waals surface area contributed by atoms with Crippen molar-refractivity contribution in [2.24, 2.45) is 0 Å². The van der Waals surface area contributed by atoms with E-state index in [0.29, 0.717) is 35.4 Å². The van der Waals surface area contributed by atoms with Crippen LogP contribution in [0.5, 0.6) is 11.5 Å². The number of anilines is 1. The van der Waals surface area contributed by atoms with Crippen molar-refractivity contribution in [3.63, 3.8) is 0 Å². The number of hydrogen-bond donors (Lipinski definition) is 1. The van der Waals surface area contributed by atoms with Gasteiger partial charge in [0.2, 0.25) is 5.91 Å². The number of hydrogen-bond acceptors (Lipinski definition) is 4. The second kappa shape index (κ2) is 8.40. The van der Waals surface area contributed by atoms with Gasteiger partial charge in [-0.05, 0) is 48.7 Å². The molecule has 0 bridgehead atoms. The molecule has 1 aromatic heterocycles. The topological polar surface area (TPSA) is 65.4 Å². The highest BCUT2D eigenvalue weighted by Gasteiger charge is 2.31. The van der Waals surface area contributed by atoms with Gasteiger partial charge >= 0.3 is 0 Å². The Hall–Kier alpha value is -2.99. The molecule has 0 saturated carbocycles. The predicted octanol–water partition coefficient (Wildman–Crippen LogP) is 5.11. The first-order valence-corrected chi connectivity index (χ1v) is 10.3. The van der Waals surface area contributed by atoms with Crippen LogP contribution in [0.25, 0.3) is 5.69 Å². The molecule has 2 heterocycles. The number of fused-ring (bicyclic) bond motifs is 1. The van der Waals surface area contributed by atoms with Crippen LogP contribution in [-0.2, 0) is 4.79 Å². The van der Waals surface area contributed by atoms with Gasteiger partial charge in [-0.15, -0.1) is 0 Å². The van der Waals surface area contributed by atoms with Crippen LogP contribution in [0.1, 0.15) is 42.4 Å². The number of amides is 1. The summed E-state index contributed by atoms with van der Waals surface area (Å²) in [4.78, 5) is 12.6. The summed E-state index contributed by atoms with van der Waals surface area (Å²) in [5.74, 6) is 1.85. The Labute approximate surface area is 180 Å². The van der Waals surface area contributed by atoms with Crippen LogP contribution < -0.4 is 14.8 Å². The first-order chi connectivity index (χ1) is 14.5. The minimum atomic E-state index is -0.129. The number of nitrogens with one attached hydrogen (secondary N) is 1. The predicted molar refractivity (Wildman–Crippen MR) is 117 cm³/mol. The Balaban J connectivity index is 1.76. The van der Waals surface area contributed by atoms with Crippen molar-refractivity contribution < 1.29 is 14.3 Å². The summed E-state index contributed by atoms with van der Waals surface area (Å²) in [7, 11) is 1.62. The summed E-state index contributed by atoms with van der Waals surface area (Å²) in [6.07, 6.45) is 3.07. The molecule has 0 aliphatic carbocycles. The van der Waals surface area contributed by atoms with Gasteiger partial charge in [-0.2, -0.15) is 5.10 Å². The summed E-state index contributed by atoms with van der Waals surface area (Å²) in [5, 5.41) is 8.21. The van der Waals surface area contributed by atoms with Crippen LogP contribution >= 0.6 is 11.6 Å². The van der Waals surface area contributed by atoms with E-state index in [1.54, 1.807) is 11.8 Å². The lowest BCUT2D eigenvalue weighted by Crippen LogP contribution is -2.24. The van der Waals surface area contributed by atoms with E-state index in [1.165, 1.54) is 0 Å². The zero-order chi connectivity index (χ0) is 21.3. The lowest BCUT2D eigenvalue weighted by molar-refractivity contribution is -0.116. The maximum absolute atomic E-state index is 12.6. The Morgan fingerprint density at radius 2 is 2.10 bits per heavy atom. The number of nitrogens with zero attached hydrogens (tertiary/aromatic N) is 2. The van der Waals surface area contributed by atoms with Crippen LogP contribution in [0.4, 0.5) is 5.82 Å². The summed E-state index contributed by atoms with van der Waals surface area (Å²) in [6.45, 7) is 4.62. The quantitative estimate of drug-likeness (QED) is 0.596. The molecule has 1 aliphatic rings. The molecule has 0 radical (unpaired) electrons. The number of carbonyl (C=O) groups excluding carboxylic acids is 1. The minimum Gasteiger partial charge on any atom is -0.493 e. The molecule has 156 valence electrons. The van der Waals surface area contributed by atoms with E-state index >= 15 is 0 Å². The third kappa shape index (κ3) is 3.63. The first-order valence-electron chi connectivity index (χ1n) is 9.97. The molecule has 7 heteroatoms. The smallest absolute Gasteiger partial charge is 0.226 e. The van der Waals surface area contributed by atoms with Crippen molar-refractivity contribution in [2.75, 3.05) is 19.0 Å². The average molecular weight is 426 g/mol. The van der Waals surface area contributed by atoms with E-state index in [2.05, 4.69) is 17.3 Å². The van der Waals surface area contributed by atoms with Gasteiger partial charge < -0.3 is 14.8 Å². The summed E-state index contributed by atoms with van der Waals surface area (Å²) < 4.78 is 13.0. The number of rotatable bonds is 6. The van der Waals surface area contributed by atoms with Crippen molar-refractivity contribution in [1.82, 2.24) is 9.78 Å². The van der Waals surface area contributed by atoms with Crippen molar-refractivity contribution in [3.8, 4) is 17.2 Å². The summed E-state index contributed by atoms with van der Waals surface area (Å²) in [5.41, 5.74) is 3.68. The number of halogens is 1. The highest BCUT2D eigenvalue weighted by Crippen LogP contribution is 2.41. The summed E-state index contributed by atoms with van der Waals surface area (Å²) >= 11 is 6.30. The molecule has 0 saturated heterocycles. The number of benzene rings is 2. The molecule has 1 aliphatic heterocycles. The molecule has 0 unspecified atom stereocenters. The molecule has 1 N–H and O–H groups in total. The number of methoxy groups -OCH3 is 1. The van der Waals surface area contributed by atoms with Crippen molar-refractivity contribution in [3.05, 3.63) is 64.3 Å². The van der Waals surface area contributed by atoms with Crippen molar-refractivity contribution in [1.29, 1.82) is 0 Å². The third-order valence-corrected chi connectivity index (χ3v) is 5.75. The largest absolute Gasteiger partial charge is 0.493 e. The zero-order valence-corrected chi connectivity index (χ0v) is 18.0. The third-order valence-electron chi connectivity index (χ3n) is 5.34. The molecule has 1 atom stereocenters. The van der Waals surface area contributed by atoms with Crippen LogP contribution in [0.15, 0.2) is 42.6 Å². The van der Waals surface area contributed by atoms with Gasteiger partial charge in [0.25, 0.3) is 0 Å². The molecule has 0 spiro atoms. The van der Waals surface area contributed by atoms with Crippen molar-refractivity contribution >= 4 is 23.3 Å². The van der Waals surface area contributed by atoms with E-state index in [-0.39, 0.29) is 11.8 Å². The lowest BCUT2D eigenvalue weighted by Gasteiger charge is -2.25. The van der Waals surface area contributed by atoms with Gasteiger partial charge in [-0.3, -0.25) is 4.79 Å². The lowest BCUT2D eigenvalue weighted by atomic mass is 9.87. The zero-order valence-electron chi connectivity index (χ0n) is 17.2. The number of ether oxygens (including phenoxy) is 2. The second-order valence-electron chi connectivity index (χ2n) is 7.31. The fraction of sp³-hybridized carbons (Fsp3) is 0.304. The van der Waals surface area contributed by atoms with Crippen LogP contribution in [0.3, 0.4) is 0 Å². The van der Waals surface area contributed by atoms with Gasteiger partial charge in [0.1, 0.15) is 5.82 Å². The van der Waals surface area contributed by atoms with E-state index in [9.17, 15) is 4.79 Å². The Bertz CT molecular complexity index is 1090. The molecular weight excluding hydrogens is 402 g/mol. The SMILES string of the molecule is CCCOc1ccc([C@@H]2CC(=O)Nc3c2cnn3-c2cccc(Cl)c2C)cc1OC. The van der Waals surface area contributed by atoms with Gasteiger partial charge in [0.05, 0.1) is 25.6 Å². The molecule has 0 fully saturated rings. The number of carbonyl (C=O) groups is 1. The normalized spacial score (nSPS) is 15.5. The molecular formula is C23H24ClN3O3. The van der Waals surface area contributed by atoms with Crippen LogP contribution in [-0.4, -0.2) is 29.4 Å².